The first-order valence-electron chi connectivity index (χ1n) is 9.52. The van der Waals surface area contributed by atoms with E-state index in [4.69, 9.17) is 4.74 Å². The summed E-state index contributed by atoms with van der Waals surface area (Å²) in [6.45, 7) is 9.97. The van der Waals surface area contributed by atoms with Crippen LogP contribution in [0.15, 0.2) is 16.8 Å². The Morgan fingerprint density at radius 3 is 2.59 bits per heavy atom. The van der Waals surface area contributed by atoms with Gasteiger partial charge in [-0.2, -0.15) is 15.9 Å². The van der Waals surface area contributed by atoms with Crippen LogP contribution >= 0.6 is 22.7 Å². The van der Waals surface area contributed by atoms with Gasteiger partial charge < -0.3 is 14.7 Å². The highest BCUT2D eigenvalue weighted by Gasteiger charge is 2.33. The molecule has 10 heteroatoms. The van der Waals surface area contributed by atoms with Crippen LogP contribution in [0.1, 0.15) is 43.1 Å². The molecule has 156 valence electrons. The predicted octanol–water partition coefficient (Wildman–Crippen LogP) is 3.51. The summed E-state index contributed by atoms with van der Waals surface area (Å²) in [7, 11) is 0. The van der Waals surface area contributed by atoms with Gasteiger partial charge in [-0.25, -0.2) is 9.78 Å². The number of aryl methyl sites for hydroxylation is 1. The second kappa shape index (κ2) is 7.58. The summed E-state index contributed by atoms with van der Waals surface area (Å²) in [5, 5.41) is 19.3. The molecule has 4 rings (SSSR count). The molecule has 1 saturated heterocycles. The summed E-state index contributed by atoms with van der Waals surface area (Å²) >= 11 is 3.09. The summed E-state index contributed by atoms with van der Waals surface area (Å²) in [5.41, 5.74) is 0.619. The fourth-order valence-electron chi connectivity index (χ4n) is 3.47. The molecule has 4 heterocycles. The van der Waals surface area contributed by atoms with Crippen LogP contribution in [0.3, 0.4) is 0 Å². The summed E-state index contributed by atoms with van der Waals surface area (Å²) < 4.78 is 7.01. The molecule has 1 aliphatic heterocycles. The van der Waals surface area contributed by atoms with E-state index in [2.05, 4.69) is 26.4 Å². The first-order valence-corrected chi connectivity index (χ1v) is 11.3. The standard InChI is InChI=1S/C19H25N5O3S2/c1-12-20-17-24(21-12)16(25)15(29-17)14(13-5-10-28-11-13)22-6-8-23(9-7-22)18(26)27-19(2,3)4/h5,10-11,14,25H,6-9H2,1-4H3/t14-/m0/s1. The maximum atomic E-state index is 12.4. The quantitative estimate of drug-likeness (QED) is 0.678. The Balaban J connectivity index is 1.57. The third kappa shape index (κ3) is 4.10. The first kappa shape index (κ1) is 20.1. The van der Waals surface area contributed by atoms with Crippen molar-refractivity contribution < 1.29 is 14.6 Å². The van der Waals surface area contributed by atoms with E-state index in [1.54, 1.807) is 16.2 Å². The monoisotopic (exact) mass is 435 g/mol. The van der Waals surface area contributed by atoms with E-state index in [-0.39, 0.29) is 18.0 Å². The molecule has 1 amide bonds. The number of nitrogens with zero attached hydrogens (tertiary/aromatic N) is 5. The van der Waals surface area contributed by atoms with Gasteiger partial charge in [-0.05, 0) is 50.1 Å². The fraction of sp³-hybridized carbons (Fsp3) is 0.526. The molecule has 0 unspecified atom stereocenters. The van der Waals surface area contributed by atoms with Gasteiger partial charge >= 0.3 is 6.09 Å². The van der Waals surface area contributed by atoms with Crippen molar-refractivity contribution in [2.75, 3.05) is 26.2 Å². The zero-order valence-electron chi connectivity index (χ0n) is 17.0. The van der Waals surface area contributed by atoms with Gasteiger partial charge in [-0.3, -0.25) is 4.90 Å². The Morgan fingerprint density at radius 2 is 2.00 bits per heavy atom. The van der Waals surface area contributed by atoms with Gasteiger partial charge in [0.1, 0.15) is 11.4 Å². The summed E-state index contributed by atoms with van der Waals surface area (Å²) in [4.78, 5) is 22.3. The molecule has 3 aromatic rings. The van der Waals surface area contributed by atoms with Crippen molar-refractivity contribution >= 4 is 33.7 Å². The van der Waals surface area contributed by atoms with Gasteiger partial charge in [0.2, 0.25) is 10.8 Å². The molecule has 0 bridgehead atoms. The maximum Gasteiger partial charge on any atom is 0.410 e. The minimum Gasteiger partial charge on any atom is -0.492 e. The van der Waals surface area contributed by atoms with Crippen LogP contribution in [0.2, 0.25) is 0 Å². The van der Waals surface area contributed by atoms with Crippen molar-refractivity contribution in [2.45, 2.75) is 39.3 Å². The second-order valence-corrected chi connectivity index (χ2v) is 9.90. The summed E-state index contributed by atoms with van der Waals surface area (Å²) in [6, 6.07) is 1.98. The zero-order chi connectivity index (χ0) is 20.8. The Kier molecular flexibility index (Phi) is 5.26. The van der Waals surface area contributed by atoms with Crippen LogP contribution < -0.4 is 0 Å². The number of aromatic hydroxyl groups is 1. The lowest BCUT2D eigenvalue weighted by molar-refractivity contribution is 0.0119. The van der Waals surface area contributed by atoms with Crippen molar-refractivity contribution in [3.63, 3.8) is 0 Å². The molecule has 29 heavy (non-hydrogen) atoms. The van der Waals surface area contributed by atoms with E-state index in [0.717, 1.165) is 10.4 Å². The number of amides is 1. The molecule has 0 aromatic carbocycles. The molecule has 0 aliphatic carbocycles. The zero-order valence-corrected chi connectivity index (χ0v) is 18.6. The summed E-state index contributed by atoms with van der Waals surface area (Å²) in [6.07, 6.45) is -0.277. The molecule has 1 aliphatic rings. The molecule has 0 saturated carbocycles. The number of carbonyl (C=O) groups is 1. The van der Waals surface area contributed by atoms with E-state index in [1.807, 2.05) is 33.1 Å². The van der Waals surface area contributed by atoms with Crippen LogP contribution in [0.4, 0.5) is 4.79 Å². The second-order valence-electron chi connectivity index (χ2n) is 8.11. The van der Waals surface area contributed by atoms with Gasteiger partial charge in [0, 0.05) is 26.2 Å². The lowest BCUT2D eigenvalue weighted by atomic mass is 10.1. The number of carbonyl (C=O) groups excluding carboxylic acids is 1. The van der Waals surface area contributed by atoms with Gasteiger partial charge in [-0.15, -0.1) is 5.10 Å². The third-order valence-electron chi connectivity index (χ3n) is 4.74. The van der Waals surface area contributed by atoms with Crippen molar-refractivity contribution in [1.29, 1.82) is 0 Å². The van der Waals surface area contributed by atoms with Crippen LogP contribution in [-0.4, -0.2) is 67.4 Å². The Labute approximate surface area is 177 Å². The predicted molar refractivity (Wildman–Crippen MR) is 113 cm³/mol. The van der Waals surface area contributed by atoms with Gasteiger partial charge in [0.05, 0.1) is 10.9 Å². The molecule has 0 radical (unpaired) electrons. The van der Waals surface area contributed by atoms with E-state index >= 15 is 0 Å². The number of thiophene rings is 1. The Morgan fingerprint density at radius 1 is 1.28 bits per heavy atom. The maximum absolute atomic E-state index is 12.4. The van der Waals surface area contributed by atoms with Crippen LogP contribution in [-0.2, 0) is 4.74 Å². The lowest BCUT2D eigenvalue weighted by Crippen LogP contribution is -2.50. The van der Waals surface area contributed by atoms with E-state index < -0.39 is 5.60 Å². The van der Waals surface area contributed by atoms with Crippen LogP contribution in [0.25, 0.3) is 4.96 Å². The van der Waals surface area contributed by atoms with Crippen molar-refractivity contribution in [2.24, 2.45) is 0 Å². The number of rotatable bonds is 3. The Hall–Kier alpha value is -2.17. The molecular formula is C19H25N5O3S2. The molecule has 1 atom stereocenters. The minimum atomic E-state index is -0.504. The molecule has 1 fully saturated rings. The Bertz CT molecular complexity index is 997. The number of hydrogen-bond acceptors (Lipinski definition) is 8. The van der Waals surface area contributed by atoms with E-state index in [0.29, 0.717) is 37.0 Å². The number of ether oxygens (including phenoxy) is 1. The fourth-order valence-corrected chi connectivity index (χ4v) is 5.32. The largest absolute Gasteiger partial charge is 0.492 e. The van der Waals surface area contributed by atoms with Gasteiger partial charge in [-0.1, -0.05) is 11.3 Å². The normalized spacial score (nSPS) is 17.0. The molecular weight excluding hydrogens is 410 g/mol. The molecule has 8 nitrogen and oxygen atoms in total. The third-order valence-corrected chi connectivity index (χ3v) is 6.52. The first-order chi connectivity index (χ1) is 13.7. The van der Waals surface area contributed by atoms with Crippen LogP contribution in [0.5, 0.6) is 5.88 Å². The van der Waals surface area contributed by atoms with E-state index in [9.17, 15) is 9.90 Å². The lowest BCUT2D eigenvalue weighted by Gasteiger charge is -2.39. The highest BCUT2D eigenvalue weighted by Crippen LogP contribution is 2.40. The number of aromatic nitrogens is 3. The highest BCUT2D eigenvalue weighted by molar-refractivity contribution is 7.17. The van der Waals surface area contributed by atoms with Gasteiger partial charge in [0.25, 0.3) is 0 Å². The topological polar surface area (TPSA) is 83.2 Å². The minimum absolute atomic E-state index is 0.101. The number of fused-ring (bicyclic) bond motifs is 1. The summed E-state index contributed by atoms with van der Waals surface area (Å²) in [5.74, 6) is 0.771. The average molecular weight is 436 g/mol. The van der Waals surface area contributed by atoms with Crippen LogP contribution in [0, 0.1) is 6.92 Å². The van der Waals surface area contributed by atoms with Crippen molar-refractivity contribution in [1.82, 2.24) is 24.4 Å². The number of hydrogen-bond donors (Lipinski definition) is 1. The SMILES string of the molecule is Cc1nc2sc([C@H](c3ccsc3)N3CCN(C(=O)OC(C)(C)C)CC3)c(O)n2n1. The van der Waals surface area contributed by atoms with Gasteiger partial charge in [0.15, 0.2) is 0 Å². The molecule has 3 aromatic heterocycles. The number of piperazine rings is 1. The molecule has 1 N–H and O–H groups in total. The average Bonchev–Trinajstić information content (AvgIpc) is 3.35. The van der Waals surface area contributed by atoms with Crippen molar-refractivity contribution in [3.8, 4) is 5.88 Å². The van der Waals surface area contributed by atoms with E-state index in [1.165, 1.54) is 15.9 Å². The smallest absolute Gasteiger partial charge is 0.410 e. The molecule has 0 spiro atoms. The highest BCUT2D eigenvalue weighted by atomic mass is 32.1. The number of thiazole rings is 1. The van der Waals surface area contributed by atoms with Crippen molar-refractivity contribution in [3.05, 3.63) is 33.1 Å².